The standard InChI is InChI=1S/C18H18N2O4/c1-24-15-8-6-14(7-9-15)20-17(18(23)16(22)11-21)13-4-2-12(10-19)3-5-13/h2-9,17-18,20-21,23H,11H2,1H3/t17-,18+/m1/s1. The van der Waals surface area contributed by atoms with Crippen molar-refractivity contribution in [1.29, 1.82) is 5.26 Å². The Morgan fingerprint density at radius 2 is 1.83 bits per heavy atom. The Kier molecular flexibility index (Phi) is 5.90. The monoisotopic (exact) mass is 326 g/mol. The van der Waals surface area contributed by atoms with Gasteiger partial charge < -0.3 is 20.3 Å². The molecule has 0 aliphatic rings. The number of carbonyl (C=O) groups is 1. The van der Waals surface area contributed by atoms with Crippen LogP contribution in [0.1, 0.15) is 17.2 Å². The normalized spacial score (nSPS) is 12.8. The van der Waals surface area contributed by atoms with Crippen molar-refractivity contribution in [2.45, 2.75) is 12.1 Å². The number of ketones is 1. The number of anilines is 1. The van der Waals surface area contributed by atoms with Crippen LogP contribution >= 0.6 is 0 Å². The van der Waals surface area contributed by atoms with Crippen molar-refractivity contribution in [3.05, 3.63) is 59.7 Å². The highest BCUT2D eigenvalue weighted by molar-refractivity contribution is 5.85. The summed E-state index contributed by atoms with van der Waals surface area (Å²) in [6.07, 6.45) is -1.43. The molecule has 2 atom stereocenters. The van der Waals surface area contributed by atoms with Crippen LogP contribution in [0.3, 0.4) is 0 Å². The minimum atomic E-state index is -1.43. The van der Waals surface area contributed by atoms with Gasteiger partial charge in [-0.15, -0.1) is 0 Å². The van der Waals surface area contributed by atoms with E-state index in [1.807, 2.05) is 6.07 Å². The van der Waals surface area contributed by atoms with E-state index in [-0.39, 0.29) is 0 Å². The molecule has 0 radical (unpaired) electrons. The summed E-state index contributed by atoms with van der Waals surface area (Å²) in [6, 6.07) is 14.8. The van der Waals surface area contributed by atoms with E-state index < -0.39 is 24.5 Å². The Bertz CT molecular complexity index is 720. The number of methoxy groups -OCH3 is 1. The van der Waals surface area contributed by atoms with E-state index in [1.165, 1.54) is 0 Å². The summed E-state index contributed by atoms with van der Waals surface area (Å²) in [6.45, 7) is -0.752. The van der Waals surface area contributed by atoms with Crippen LogP contribution in [0.4, 0.5) is 5.69 Å². The van der Waals surface area contributed by atoms with Gasteiger partial charge in [-0.1, -0.05) is 12.1 Å². The van der Waals surface area contributed by atoms with Crippen LogP contribution in [0.25, 0.3) is 0 Å². The van der Waals surface area contributed by atoms with E-state index >= 15 is 0 Å². The fourth-order valence-electron chi connectivity index (χ4n) is 2.26. The van der Waals surface area contributed by atoms with Crippen molar-refractivity contribution >= 4 is 11.5 Å². The molecule has 24 heavy (non-hydrogen) atoms. The summed E-state index contributed by atoms with van der Waals surface area (Å²) >= 11 is 0. The van der Waals surface area contributed by atoms with Crippen molar-refractivity contribution in [1.82, 2.24) is 0 Å². The Labute approximate surface area is 139 Å². The van der Waals surface area contributed by atoms with Crippen molar-refractivity contribution in [2.75, 3.05) is 19.0 Å². The molecule has 0 aromatic heterocycles. The van der Waals surface area contributed by atoms with Gasteiger partial charge in [0.25, 0.3) is 0 Å². The number of benzene rings is 2. The predicted octanol–water partition coefficient (Wildman–Crippen LogP) is 1.64. The summed E-state index contributed by atoms with van der Waals surface area (Å²) in [5, 5.41) is 31.2. The van der Waals surface area contributed by atoms with Crippen molar-refractivity contribution in [2.24, 2.45) is 0 Å². The second-order valence-corrected chi connectivity index (χ2v) is 5.15. The third-order valence-corrected chi connectivity index (χ3v) is 3.61. The Morgan fingerprint density at radius 1 is 1.21 bits per heavy atom. The maximum atomic E-state index is 11.7. The minimum Gasteiger partial charge on any atom is -0.497 e. The summed E-state index contributed by atoms with van der Waals surface area (Å²) in [5.41, 5.74) is 1.78. The number of nitrogens with zero attached hydrogens (tertiary/aromatic N) is 1. The van der Waals surface area contributed by atoms with Gasteiger partial charge in [0, 0.05) is 5.69 Å². The third kappa shape index (κ3) is 4.10. The number of carbonyl (C=O) groups excluding carboxylic acids is 1. The lowest BCUT2D eigenvalue weighted by Gasteiger charge is -2.24. The number of Topliss-reactive ketones (excluding diaryl/α,β-unsaturated/α-hetero) is 1. The van der Waals surface area contributed by atoms with Gasteiger partial charge in [-0.05, 0) is 42.0 Å². The van der Waals surface area contributed by atoms with E-state index in [9.17, 15) is 9.90 Å². The number of nitriles is 1. The van der Waals surface area contributed by atoms with Gasteiger partial charge in [-0.25, -0.2) is 0 Å². The number of hydrogen-bond donors (Lipinski definition) is 3. The first-order valence-electron chi connectivity index (χ1n) is 7.31. The van der Waals surface area contributed by atoms with Gasteiger partial charge in [0.1, 0.15) is 18.5 Å². The average Bonchev–Trinajstić information content (AvgIpc) is 2.65. The maximum Gasteiger partial charge on any atom is 0.188 e. The molecule has 0 heterocycles. The first kappa shape index (κ1) is 17.5. The highest BCUT2D eigenvalue weighted by Gasteiger charge is 2.27. The van der Waals surface area contributed by atoms with E-state index in [0.29, 0.717) is 22.6 Å². The zero-order valence-electron chi connectivity index (χ0n) is 13.1. The molecule has 0 fully saturated rings. The maximum absolute atomic E-state index is 11.7. The first-order valence-corrected chi connectivity index (χ1v) is 7.31. The second-order valence-electron chi connectivity index (χ2n) is 5.15. The molecule has 124 valence electrons. The predicted molar refractivity (Wildman–Crippen MR) is 88.6 cm³/mol. The summed E-state index contributed by atoms with van der Waals surface area (Å²) in [4.78, 5) is 11.7. The van der Waals surface area contributed by atoms with E-state index in [4.69, 9.17) is 15.1 Å². The molecule has 2 aromatic rings. The number of rotatable bonds is 7. The van der Waals surface area contributed by atoms with Crippen LogP contribution in [0, 0.1) is 11.3 Å². The van der Waals surface area contributed by atoms with Gasteiger partial charge in [0.05, 0.1) is 24.8 Å². The molecule has 0 saturated heterocycles. The van der Waals surface area contributed by atoms with Crippen LogP contribution in [0.5, 0.6) is 5.75 Å². The highest BCUT2D eigenvalue weighted by atomic mass is 16.5. The fraction of sp³-hybridized carbons (Fsp3) is 0.222. The molecular weight excluding hydrogens is 308 g/mol. The third-order valence-electron chi connectivity index (χ3n) is 3.61. The molecule has 2 rings (SSSR count). The first-order chi connectivity index (χ1) is 11.6. The Balaban J connectivity index is 2.30. The number of hydrogen-bond acceptors (Lipinski definition) is 6. The van der Waals surface area contributed by atoms with Crippen LogP contribution < -0.4 is 10.1 Å². The fourth-order valence-corrected chi connectivity index (χ4v) is 2.26. The molecule has 0 unspecified atom stereocenters. The van der Waals surface area contributed by atoms with Crippen LogP contribution in [-0.4, -0.2) is 35.8 Å². The topological polar surface area (TPSA) is 103 Å². The largest absolute Gasteiger partial charge is 0.497 e. The molecular formula is C18H18N2O4. The van der Waals surface area contributed by atoms with Gasteiger partial charge in [-0.3, -0.25) is 4.79 Å². The molecule has 0 amide bonds. The zero-order valence-corrected chi connectivity index (χ0v) is 13.1. The minimum absolute atomic E-state index is 0.477. The smallest absolute Gasteiger partial charge is 0.188 e. The second kappa shape index (κ2) is 8.11. The van der Waals surface area contributed by atoms with E-state index in [0.717, 1.165) is 0 Å². The highest BCUT2D eigenvalue weighted by Crippen LogP contribution is 2.25. The van der Waals surface area contributed by atoms with E-state index in [1.54, 1.807) is 55.6 Å². The number of aliphatic hydroxyl groups excluding tert-OH is 2. The van der Waals surface area contributed by atoms with Gasteiger partial charge in [-0.2, -0.15) is 5.26 Å². The molecule has 0 spiro atoms. The van der Waals surface area contributed by atoms with Crippen LogP contribution in [0.15, 0.2) is 48.5 Å². The molecule has 3 N–H and O–H groups in total. The van der Waals surface area contributed by atoms with Gasteiger partial charge >= 0.3 is 0 Å². The SMILES string of the molecule is COc1ccc(N[C@H](c2ccc(C#N)cc2)[C@@H](O)C(=O)CO)cc1. The number of ether oxygens (including phenoxy) is 1. The van der Waals surface area contributed by atoms with Gasteiger partial charge in [0.2, 0.25) is 0 Å². The lowest BCUT2D eigenvalue weighted by atomic mass is 9.97. The zero-order chi connectivity index (χ0) is 17.5. The Hall–Kier alpha value is -2.88. The molecule has 6 heteroatoms. The average molecular weight is 326 g/mol. The quantitative estimate of drug-likeness (QED) is 0.715. The van der Waals surface area contributed by atoms with E-state index in [2.05, 4.69) is 5.32 Å². The van der Waals surface area contributed by atoms with Crippen LogP contribution in [-0.2, 0) is 4.79 Å². The van der Waals surface area contributed by atoms with Crippen LogP contribution in [0.2, 0.25) is 0 Å². The summed E-state index contributed by atoms with van der Waals surface area (Å²) < 4.78 is 5.09. The van der Waals surface area contributed by atoms with Crippen molar-refractivity contribution < 1.29 is 19.7 Å². The molecule has 0 aliphatic carbocycles. The van der Waals surface area contributed by atoms with Gasteiger partial charge in [0.15, 0.2) is 5.78 Å². The Morgan fingerprint density at radius 3 is 2.33 bits per heavy atom. The van der Waals surface area contributed by atoms with Crippen molar-refractivity contribution in [3.8, 4) is 11.8 Å². The van der Waals surface area contributed by atoms with Crippen molar-refractivity contribution in [3.63, 3.8) is 0 Å². The lowest BCUT2D eigenvalue weighted by molar-refractivity contribution is -0.130. The number of nitrogens with one attached hydrogen (secondary N) is 1. The number of aliphatic hydroxyl groups is 2. The summed E-state index contributed by atoms with van der Waals surface area (Å²) in [7, 11) is 1.56. The molecule has 0 saturated carbocycles. The molecule has 6 nitrogen and oxygen atoms in total. The lowest BCUT2D eigenvalue weighted by Crippen LogP contribution is -2.34. The molecule has 0 bridgehead atoms. The summed E-state index contributed by atoms with van der Waals surface area (Å²) in [5.74, 6) is -0.00664. The molecule has 0 aliphatic heterocycles. The molecule has 2 aromatic carbocycles.